The maximum atomic E-state index is 11.8. The summed E-state index contributed by atoms with van der Waals surface area (Å²) in [5, 5.41) is 5.04. The molecule has 0 unspecified atom stereocenters. The lowest BCUT2D eigenvalue weighted by molar-refractivity contribution is -0.118. The molecule has 0 spiro atoms. The third kappa shape index (κ3) is 5.04. The lowest BCUT2D eigenvalue weighted by Gasteiger charge is -2.05. The first-order valence-corrected chi connectivity index (χ1v) is 7.73. The topological polar surface area (TPSA) is 54.4 Å². The summed E-state index contributed by atoms with van der Waals surface area (Å²) in [6.45, 7) is 2.01. The van der Waals surface area contributed by atoms with E-state index in [4.69, 9.17) is 0 Å². The van der Waals surface area contributed by atoms with Gasteiger partial charge in [-0.05, 0) is 24.1 Å². The molecule has 0 aliphatic heterocycles. The van der Waals surface area contributed by atoms with Crippen molar-refractivity contribution in [2.45, 2.75) is 18.4 Å². The van der Waals surface area contributed by atoms with E-state index in [1.54, 1.807) is 6.20 Å². The highest BCUT2D eigenvalue weighted by atomic mass is 32.2. The van der Waals surface area contributed by atoms with Crippen molar-refractivity contribution in [2.24, 2.45) is 5.10 Å². The summed E-state index contributed by atoms with van der Waals surface area (Å²) in [5.41, 5.74) is 4.50. The first-order valence-electron chi connectivity index (χ1n) is 6.74. The predicted octanol–water partition coefficient (Wildman–Crippen LogP) is 3.10. The van der Waals surface area contributed by atoms with Crippen molar-refractivity contribution in [3.05, 3.63) is 60.3 Å². The van der Waals surface area contributed by atoms with Gasteiger partial charge in [0.15, 0.2) is 0 Å². The van der Waals surface area contributed by atoms with Crippen molar-refractivity contribution in [3.8, 4) is 0 Å². The summed E-state index contributed by atoms with van der Waals surface area (Å²) in [6, 6.07) is 15.5. The highest BCUT2D eigenvalue weighted by molar-refractivity contribution is 7.99. The van der Waals surface area contributed by atoms with E-state index in [0.29, 0.717) is 5.75 Å². The van der Waals surface area contributed by atoms with E-state index in [-0.39, 0.29) is 5.91 Å². The zero-order valence-electron chi connectivity index (χ0n) is 11.8. The third-order valence-electron chi connectivity index (χ3n) is 2.75. The van der Waals surface area contributed by atoms with Gasteiger partial charge in [0.25, 0.3) is 0 Å². The van der Waals surface area contributed by atoms with Gasteiger partial charge in [0.1, 0.15) is 0 Å². The standard InChI is InChI=1S/C16H17N3OS/c1-2-14(13-8-4-3-5-9-13)18-19-15(20)12-21-16-10-6-7-11-17-16/h3-11H,2,12H2,1H3,(H,19,20). The number of hydrogen-bond acceptors (Lipinski definition) is 4. The molecule has 0 fully saturated rings. The molecule has 108 valence electrons. The van der Waals surface area contributed by atoms with Crippen LogP contribution >= 0.6 is 11.8 Å². The van der Waals surface area contributed by atoms with Gasteiger partial charge in [-0.2, -0.15) is 5.10 Å². The Hall–Kier alpha value is -2.14. The van der Waals surface area contributed by atoms with Crippen LogP contribution in [0.15, 0.2) is 64.9 Å². The molecule has 1 amide bonds. The predicted molar refractivity (Wildman–Crippen MR) is 86.4 cm³/mol. The number of pyridine rings is 1. The molecule has 0 atom stereocenters. The van der Waals surface area contributed by atoms with Crippen LogP contribution in [0.5, 0.6) is 0 Å². The molecule has 2 aromatic rings. The zero-order valence-corrected chi connectivity index (χ0v) is 12.6. The monoisotopic (exact) mass is 299 g/mol. The number of carbonyl (C=O) groups is 1. The summed E-state index contributed by atoms with van der Waals surface area (Å²) < 4.78 is 0. The summed E-state index contributed by atoms with van der Waals surface area (Å²) in [4.78, 5) is 16.0. The molecule has 0 aliphatic carbocycles. The summed E-state index contributed by atoms with van der Waals surface area (Å²) in [6.07, 6.45) is 2.47. The van der Waals surface area contributed by atoms with E-state index >= 15 is 0 Å². The lowest BCUT2D eigenvalue weighted by atomic mass is 10.1. The second kappa shape index (κ2) is 8.21. The Morgan fingerprint density at radius 2 is 1.95 bits per heavy atom. The molecule has 1 aromatic heterocycles. The van der Waals surface area contributed by atoms with E-state index in [9.17, 15) is 4.79 Å². The molecule has 21 heavy (non-hydrogen) atoms. The Kier molecular flexibility index (Phi) is 5.97. The van der Waals surface area contributed by atoms with Gasteiger partial charge in [-0.3, -0.25) is 4.79 Å². The van der Waals surface area contributed by atoms with Crippen LogP contribution in [0.2, 0.25) is 0 Å². The van der Waals surface area contributed by atoms with Gasteiger partial charge < -0.3 is 0 Å². The molecular weight excluding hydrogens is 282 g/mol. The molecule has 1 heterocycles. The molecule has 0 aliphatic rings. The number of carbonyl (C=O) groups excluding carboxylic acids is 1. The molecule has 2 rings (SSSR count). The van der Waals surface area contributed by atoms with Crippen molar-refractivity contribution in [3.63, 3.8) is 0 Å². The van der Waals surface area contributed by atoms with Gasteiger partial charge in [-0.15, -0.1) is 0 Å². The van der Waals surface area contributed by atoms with Gasteiger partial charge in [0, 0.05) is 6.20 Å². The summed E-state index contributed by atoms with van der Waals surface area (Å²) >= 11 is 1.39. The van der Waals surface area contributed by atoms with Crippen molar-refractivity contribution in [1.29, 1.82) is 0 Å². The minimum atomic E-state index is -0.132. The van der Waals surface area contributed by atoms with Crippen LogP contribution < -0.4 is 5.43 Å². The first kappa shape index (κ1) is 15.3. The number of aromatic nitrogens is 1. The van der Waals surface area contributed by atoms with Crippen LogP contribution in [0.1, 0.15) is 18.9 Å². The maximum Gasteiger partial charge on any atom is 0.250 e. The minimum absolute atomic E-state index is 0.132. The Morgan fingerprint density at radius 3 is 2.62 bits per heavy atom. The van der Waals surface area contributed by atoms with Crippen molar-refractivity contribution in [1.82, 2.24) is 10.4 Å². The normalized spacial score (nSPS) is 11.2. The molecular formula is C16H17N3OS. The van der Waals surface area contributed by atoms with E-state index < -0.39 is 0 Å². The fourth-order valence-electron chi connectivity index (χ4n) is 1.71. The van der Waals surface area contributed by atoms with E-state index in [1.807, 2.05) is 55.5 Å². The van der Waals surface area contributed by atoms with E-state index in [1.165, 1.54) is 11.8 Å². The Bertz CT molecular complexity index is 599. The number of hydrogen-bond donors (Lipinski definition) is 1. The van der Waals surface area contributed by atoms with Crippen molar-refractivity contribution in [2.75, 3.05) is 5.75 Å². The smallest absolute Gasteiger partial charge is 0.250 e. The Morgan fingerprint density at radius 1 is 1.19 bits per heavy atom. The van der Waals surface area contributed by atoms with Crippen LogP contribution in [0.25, 0.3) is 0 Å². The average molecular weight is 299 g/mol. The van der Waals surface area contributed by atoms with Gasteiger partial charge in [-0.25, -0.2) is 10.4 Å². The summed E-state index contributed by atoms with van der Waals surface area (Å²) in [5.74, 6) is 0.166. The van der Waals surface area contributed by atoms with Gasteiger partial charge in [0.05, 0.1) is 16.5 Å². The second-order valence-corrected chi connectivity index (χ2v) is 5.27. The molecule has 1 aromatic carbocycles. The molecule has 4 nitrogen and oxygen atoms in total. The highest BCUT2D eigenvalue weighted by Crippen LogP contribution is 2.13. The van der Waals surface area contributed by atoms with E-state index in [2.05, 4.69) is 15.5 Å². The van der Waals surface area contributed by atoms with Crippen LogP contribution in [0.3, 0.4) is 0 Å². The van der Waals surface area contributed by atoms with Crippen LogP contribution in [0.4, 0.5) is 0 Å². The number of thioether (sulfide) groups is 1. The molecule has 5 heteroatoms. The molecule has 0 bridgehead atoms. The zero-order chi connectivity index (χ0) is 14.9. The van der Waals surface area contributed by atoms with Crippen LogP contribution in [-0.4, -0.2) is 22.4 Å². The quantitative estimate of drug-likeness (QED) is 0.506. The Balaban J connectivity index is 1.88. The maximum absolute atomic E-state index is 11.8. The Labute approximate surface area is 128 Å². The van der Waals surface area contributed by atoms with Crippen LogP contribution in [0, 0.1) is 0 Å². The number of hydrazone groups is 1. The van der Waals surface area contributed by atoms with Gasteiger partial charge in [0.2, 0.25) is 5.91 Å². The van der Waals surface area contributed by atoms with Crippen LogP contribution in [-0.2, 0) is 4.79 Å². The number of nitrogens with zero attached hydrogens (tertiary/aromatic N) is 2. The first-order chi connectivity index (χ1) is 10.3. The average Bonchev–Trinajstić information content (AvgIpc) is 2.55. The fourth-order valence-corrected chi connectivity index (χ4v) is 2.37. The minimum Gasteiger partial charge on any atom is -0.272 e. The SMILES string of the molecule is CCC(=NNC(=O)CSc1ccccn1)c1ccccc1. The fraction of sp³-hybridized carbons (Fsp3) is 0.188. The lowest BCUT2D eigenvalue weighted by Crippen LogP contribution is -2.21. The largest absolute Gasteiger partial charge is 0.272 e. The van der Waals surface area contributed by atoms with Crippen molar-refractivity contribution >= 4 is 23.4 Å². The molecule has 0 radical (unpaired) electrons. The van der Waals surface area contributed by atoms with E-state index in [0.717, 1.165) is 22.7 Å². The number of nitrogens with one attached hydrogen (secondary N) is 1. The number of amides is 1. The highest BCUT2D eigenvalue weighted by Gasteiger charge is 2.04. The summed E-state index contributed by atoms with van der Waals surface area (Å²) in [7, 11) is 0. The number of rotatable bonds is 6. The molecule has 1 N–H and O–H groups in total. The molecule has 0 saturated carbocycles. The third-order valence-corrected chi connectivity index (χ3v) is 3.69. The number of benzene rings is 1. The molecule has 0 saturated heterocycles. The van der Waals surface area contributed by atoms with Gasteiger partial charge in [-0.1, -0.05) is 55.1 Å². The second-order valence-electron chi connectivity index (χ2n) is 4.27. The van der Waals surface area contributed by atoms with Gasteiger partial charge >= 0.3 is 0 Å². The van der Waals surface area contributed by atoms with Crippen molar-refractivity contribution < 1.29 is 4.79 Å².